The van der Waals surface area contributed by atoms with Crippen LogP contribution in [0, 0.1) is 0 Å². The number of carbonyl (C=O) groups is 2. The Morgan fingerprint density at radius 1 is 0.955 bits per heavy atom. The Morgan fingerprint density at radius 3 is 2.50 bits per heavy atom. The fourth-order valence-electron chi connectivity index (χ4n) is 5.63. The maximum absolute atomic E-state index is 13.7. The summed E-state index contributed by atoms with van der Waals surface area (Å²) in [5.41, 5.74) is 2.24. The number of phenols is 1. The third-order valence-corrected chi connectivity index (χ3v) is 7.79. The van der Waals surface area contributed by atoms with E-state index < -0.39 is 23.7 Å². The molecule has 4 heterocycles. The van der Waals surface area contributed by atoms with E-state index in [1.165, 1.54) is 24.3 Å². The zero-order valence-corrected chi connectivity index (χ0v) is 23.6. The monoisotopic (exact) mass is 602 g/mol. The minimum atomic E-state index is -4.50. The van der Waals surface area contributed by atoms with E-state index in [0.717, 1.165) is 28.8 Å². The van der Waals surface area contributed by atoms with Crippen LogP contribution in [0.5, 0.6) is 23.0 Å². The van der Waals surface area contributed by atoms with Crippen molar-refractivity contribution < 1.29 is 37.3 Å². The van der Waals surface area contributed by atoms with Crippen molar-refractivity contribution in [1.29, 1.82) is 0 Å². The summed E-state index contributed by atoms with van der Waals surface area (Å²) in [4.78, 5) is 28.1. The number of fused-ring (bicyclic) bond motifs is 1. The molecule has 0 radical (unpaired) electrons. The number of hydrogen-bond acceptors (Lipinski definition) is 5. The Hall–Kier alpha value is -4.99. The zero-order valence-electron chi connectivity index (χ0n) is 23.6. The second-order valence-electron chi connectivity index (χ2n) is 10.8. The van der Waals surface area contributed by atoms with E-state index in [0.29, 0.717) is 55.4 Å². The van der Waals surface area contributed by atoms with Crippen molar-refractivity contribution in [3.05, 3.63) is 118 Å². The van der Waals surface area contributed by atoms with Gasteiger partial charge < -0.3 is 24.8 Å². The molecule has 1 unspecified atom stereocenters. The van der Waals surface area contributed by atoms with E-state index >= 15 is 0 Å². The van der Waals surface area contributed by atoms with E-state index in [1.54, 1.807) is 17.0 Å². The molecule has 4 aromatic carbocycles. The highest BCUT2D eigenvalue weighted by Gasteiger charge is 2.34. The van der Waals surface area contributed by atoms with Gasteiger partial charge in [0.05, 0.1) is 30.2 Å². The van der Waals surface area contributed by atoms with Gasteiger partial charge in [0.15, 0.2) is 0 Å². The van der Waals surface area contributed by atoms with Gasteiger partial charge in [0.1, 0.15) is 23.0 Å². The summed E-state index contributed by atoms with van der Waals surface area (Å²) in [7, 11) is 0. The number of phenolic OH excluding ortho intramolecular Hbond substituents is 1. The molecule has 4 aromatic rings. The molecule has 8 rings (SSSR count). The molecule has 226 valence electrons. The summed E-state index contributed by atoms with van der Waals surface area (Å²) in [6.07, 6.45) is -3.64. The quantitative estimate of drug-likeness (QED) is 0.276. The number of aromatic hydroxyl groups is 1. The van der Waals surface area contributed by atoms with Gasteiger partial charge in [0.2, 0.25) is 5.91 Å². The first-order valence-corrected chi connectivity index (χ1v) is 14.3. The summed E-state index contributed by atoms with van der Waals surface area (Å²) in [5, 5.41) is 13.1. The van der Waals surface area contributed by atoms with Crippen LogP contribution < -0.4 is 14.8 Å². The van der Waals surface area contributed by atoms with E-state index in [9.17, 15) is 27.9 Å². The first-order chi connectivity index (χ1) is 21.2. The van der Waals surface area contributed by atoms with Crippen molar-refractivity contribution in [1.82, 2.24) is 10.2 Å². The van der Waals surface area contributed by atoms with Crippen molar-refractivity contribution in [2.45, 2.75) is 31.5 Å². The Morgan fingerprint density at radius 2 is 1.70 bits per heavy atom. The van der Waals surface area contributed by atoms with Crippen LogP contribution in [0.3, 0.4) is 0 Å². The lowest BCUT2D eigenvalue weighted by Gasteiger charge is -2.38. The molecular formula is C34H29F3N2O5. The number of carbonyl (C=O) groups excluding carboxylic acids is 2. The average Bonchev–Trinajstić information content (AvgIpc) is 3.01. The largest absolute Gasteiger partial charge is 0.507 e. The summed E-state index contributed by atoms with van der Waals surface area (Å²) in [6, 6.07) is 21.8. The summed E-state index contributed by atoms with van der Waals surface area (Å²) < 4.78 is 51.9. The molecule has 0 spiro atoms. The van der Waals surface area contributed by atoms with Crippen molar-refractivity contribution >= 4 is 11.8 Å². The second-order valence-corrected chi connectivity index (χ2v) is 10.8. The highest BCUT2D eigenvalue weighted by atomic mass is 19.4. The molecule has 1 atom stereocenters. The van der Waals surface area contributed by atoms with Crippen molar-refractivity contribution in [3.63, 3.8) is 0 Å². The predicted molar refractivity (Wildman–Crippen MR) is 156 cm³/mol. The number of ether oxygens (including phenoxy) is 2. The number of benzene rings is 4. The van der Waals surface area contributed by atoms with Gasteiger partial charge in [-0.25, -0.2) is 0 Å². The fourth-order valence-corrected chi connectivity index (χ4v) is 5.63. The van der Waals surface area contributed by atoms with Crippen molar-refractivity contribution in [3.8, 4) is 23.0 Å². The van der Waals surface area contributed by atoms with Crippen LogP contribution in [0.1, 0.15) is 50.6 Å². The standard InChI is InChI=1S/C34H29F3N2O5/c35-34(36,37)24-4-1-3-21(17-24)18-31(41)39-15-13-23-19-26-9-11-28(23)32(39)22-5-7-25(8-6-22)43-16-2-14-38-33(42)29-20-27(44-26)10-12-30(29)40/h1,3-12,17,19-20,32,40H,2,13-16,18H2,(H,38,42). The Kier molecular flexibility index (Phi) is 7.90. The summed E-state index contributed by atoms with van der Waals surface area (Å²) in [6.45, 7) is 1.02. The smallest absolute Gasteiger partial charge is 0.416 e. The molecule has 0 saturated heterocycles. The lowest BCUT2D eigenvalue weighted by Crippen LogP contribution is -2.41. The second kappa shape index (κ2) is 11.9. The molecule has 0 aliphatic carbocycles. The Labute approximate surface area is 251 Å². The summed E-state index contributed by atoms with van der Waals surface area (Å²) >= 11 is 0. The lowest BCUT2D eigenvalue weighted by molar-refractivity contribution is -0.138. The third-order valence-electron chi connectivity index (χ3n) is 7.79. The normalized spacial score (nSPS) is 16.7. The molecule has 4 aliphatic rings. The number of nitrogens with one attached hydrogen (secondary N) is 1. The van der Waals surface area contributed by atoms with Crippen LogP contribution >= 0.6 is 0 Å². The van der Waals surface area contributed by atoms with Gasteiger partial charge in [-0.3, -0.25) is 9.59 Å². The van der Waals surface area contributed by atoms with Crippen LogP contribution in [0.15, 0.2) is 84.9 Å². The van der Waals surface area contributed by atoms with Gasteiger partial charge in [-0.1, -0.05) is 36.4 Å². The number of hydrogen-bond donors (Lipinski definition) is 2. The van der Waals surface area contributed by atoms with Crippen LogP contribution in [0.25, 0.3) is 0 Å². The van der Waals surface area contributed by atoms with Gasteiger partial charge in [0, 0.05) is 13.1 Å². The number of halogens is 3. The maximum atomic E-state index is 13.7. The van der Waals surface area contributed by atoms with Crippen molar-refractivity contribution in [2.24, 2.45) is 0 Å². The predicted octanol–water partition coefficient (Wildman–Crippen LogP) is 6.43. The van der Waals surface area contributed by atoms with Crippen LogP contribution in [-0.4, -0.2) is 41.5 Å². The number of alkyl halides is 3. The Balaban J connectivity index is 1.36. The minimum absolute atomic E-state index is 0.0876. The minimum Gasteiger partial charge on any atom is -0.507 e. The first-order valence-electron chi connectivity index (χ1n) is 14.3. The molecule has 2 N–H and O–H groups in total. The van der Waals surface area contributed by atoms with Crippen LogP contribution in [0.4, 0.5) is 13.2 Å². The molecule has 8 bridgehead atoms. The fraction of sp³-hybridized carbons (Fsp3) is 0.235. The van der Waals surface area contributed by atoms with E-state index in [4.69, 9.17) is 9.47 Å². The molecule has 0 saturated carbocycles. The van der Waals surface area contributed by atoms with E-state index in [1.807, 2.05) is 36.4 Å². The van der Waals surface area contributed by atoms with Crippen LogP contribution in [-0.2, 0) is 23.8 Å². The van der Waals surface area contributed by atoms with Gasteiger partial charge in [0.25, 0.3) is 5.91 Å². The number of rotatable bonds is 2. The highest BCUT2D eigenvalue weighted by molar-refractivity contribution is 5.97. The molecule has 44 heavy (non-hydrogen) atoms. The van der Waals surface area contributed by atoms with Gasteiger partial charge in [-0.2, -0.15) is 13.2 Å². The van der Waals surface area contributed by atoms with Gasteiger partial charge in [-0.15, -0.1) is 0 Å². The third kappa shape index (κ3) is 6.20. The SMILES string of the molecule is O=C1NCCCOc2ccc(cc2)C2c3ccc(cc3CCN2C(=O)Cc2cccc(C(F)(F)F)c2)Oc2ccc(O)c1c2. The molecular weight excluding hydrogens is 573 g/mol. The number of nitrogens with zero attached hydrogens (tertiary/aromatic N) is 1. The van der Waals surface area contributed by atoms with Gasteiger partial charge >= 0.3 is 6.18 Å². The van der Waals surface area contributed by atoms with Crippen LogP contribution in [0.2, 0.25) is 0 Å². The molecule has 10 heteroatoms. The highest BCUT2D eigenvalue weighted by Crippen LogP contribution is 2.39. The van der Waals surface area contributed by atoms with E-state index in [2.05, 4.69) is 5.32 Å². The first kappa shape index (κ1) is 29.1. The molecule has 4 aliphatic heterocycles. The maximum Gasteiger partial charge on any atom is 0.416 e. The number of amides is 2. The van der Waals surface area contributed by atoms with Gasteiger partial charge in [-0.05, 0) is 83.6 Å². The lowest BCUT2D eigenvalue weighted by atomic mass is 9.87. The molecule has 0 fully saturated rings. The topological polar surface area (TPSA) is 88.1 Å². The molecule has 2 amide bonds. The molecule has 7 nitrogen and oxygen atoms in total. The van der Waals surface area contributed by atoms with Crippen molar-refractivity contribution in [2.75, 3.05) is 19.7 Å². The zero-order chi connectivity index (χ0) is 30.8. The average molecular weight is 603 g/mol. The molecule has 0 aromatic heterocycles. The Bertz CT molecular complexity index is 1700. The van der Waals surface area contributed by atoms with E-state index in [-0.39, 0.29) is 23.6 Å². The summed E-state index contributed by atoms with van der Waals surface area (Å²) in [5.74, 6) is 0.621.